The Labute approximate surface area is 188 Å². The predicted molar refractivity (Wildman–Crippen MR) is 123 cm³/mol. The first kappa shape index (κ1) is 23.3. The number of Topliss-reactive ketones (excluding diaryl/α,β-unsaturated/α-hetero) is 1. The van der Waals surface area contributed by atoms with E-state index in [4.69, 9.17) is 4.74 Å². The highest BCUT2D eigenvalue weighted by Crippen LogP contribution is 2.40. The number of carbonyl (C=O) groups excluding carboxylic acids is 2. The van der Waals surface area contributed by atoms with Gasteiger partial charge in [0.05, 0.1) is 18.2 Å². The predicted octanol–water partition coefficient (Wildman–Crippen LogP) is 3.55. The third kappa shape index (κ3) is 5.11. The lowest BCUT2D eigenvalue weighted by molar-refractivity contribution is -0.139. The summed E-state index contributed by atoms with van der Waals surface area (Å²) in [6.07, 6.45) is 1.54. The molecule has 0 radical (unpaired) electrons. The van der Waals surface area contributed by atoms with E-state index in [0.29, 0.717) is 36.4 Å². The highest BCUT2D eigenvalue weighted by Gasteiger charge is 2.45. The molecule has 1 aliphatic rings. The van der Waals surface area contributed by atoms with Crippen LogP contribution in [0, 0.1) is 0 Å². The summed E-state index contributed by atoms with van der Waals surface area (Å²) in [7, 11) is 3.88. The Morgan fingerprint density at radius 2 is 1.84 bits per heavy atom. The maximum absolute atomic E-state index is 13.0. The van der Waals surface area contributed by atoms with E-state index in [1.165, 1.54) is 17.0 Å². The first-order valence-corrected chi connectivity index (χ1v) is 10.8. The van der Waals surface area contributed by atoms with Crippen LogP contribution in [-0.4, -0.2) is 65.5 Å². The summed E-state index contributed by atoms with van der Waals surface area (Å²) in [5, 5.41) is 21.1. The minimum atomic E-state index is -0.778. The number of nitrogens with zero attached hydrogens (tertiary/aromatic N) is 2. The quantitative estimate of drug-likeness (QED) is 0.354. The Bertz CT molecular complexity index is 998. The Kier molecular flexibility index (Phi) is 7.53. The number of hydrogen-bond donors (Lipinski definition) is 2. The molecule has 3 rings (SSSR count). The third-order valence-corrected chi connectivity index (χ3v) is 5.33. The summed E-state index contributed by atoms with van der Waals surface area (Å²) in [4.78, 5) is 29.4. The molecular weight excluding hydrogens is 408 g/mol. The van der Waals surface area contributed by atoms with Gasteiger partial charge >= 0.3 is 0 Å². The van der Waals surface area contributed by atoms with Crippen molar-refractivity contribution in [3.63, 3.8) is 0 Å². The zero-order valence-electron chi connectivity index (χ0n) is 18.7. The largest absolute Gasteiger partial charge is 0.508 e. The van der Waals surface area contributed by atoms with E-state index in [1.807, 2.05) is 25.9 Å². The third-order valence-electron chi connectivity index (χ3n) is 5.33. The van der Waals surface area contributed by atoms with Crippen LogP contribution in [0.15, 0.2) is 54.1 Å². The van der Waals surface area contributed by atoms with Gasteiger partial charge in [-0.2, -0.15) is 0 Å². The van der Waals surface area contributed by atoms with Gasteiger partial charge in [-0.15, -0.1) is 0 Å². The minimum absolute atomic E-state index is 0.0210. The minimum Gasteiger partial charge on any atom is -0.508 e. The molecule has 1 amide bonds. The number of phenols is 1. The van der Waals surface area contributed by atoms with Crippen LogP contribution < -0.4 is 4.74 Å². The van der Waals surface area contributed by atoms with Gasteiger partial charge in [0, 0.05) is 12.1 Å². The molecule has 1 atom stereocenters. The number of rotatable bonds is 9. The lowest BCUT2D eigenvalue weighted by atomic mass is 9.95. The lowest BCUT2D eigenvalue weighted by Crippen LogP contribution is -2.32. The molecule has 0 aromatic heterocycles. The van der Waals surface area contributed by atoms with Crippen LogP contribution in [0.25, 0.3) is 5.76 Å². The second-order valence-electron chi connectivity index (χ2n) is 8.12. The Morgan fingerprint density at radius 3 is 2.47 bits per heavy atom. The number of benzene rings is 2. The highest BCUT2D eigenvalue weighted by atomic mass is 16.5. The second-order valence-corrected chi connectivity index (χ2v) is 8.12. The Hall–Kier alpha value is -3.32. The van der Waals surface area contributed by atoms with E-state index in [-0.39, 0.29) is 17.1 Å². The molecule has 0 saturated carbocycles. The van der Waals surface area contributed by atoms with Crippen LogP contribution in [0.3, 0.4) is 0 Å². The number of aliphatic hydroxyl groups is 1. The van der Waals surface area contributed by atoms with Crippen molar-refractivity contribution in [3.05, 3.63) is 65.2 Å². The topological polar surface area (TPSA) is 90.3 Å². The zero-order valence-corrected chi connectivity index (χ0v) is 18.7. The van der Waals surface area contributed by atoms with Crippen LogP contribution in [0.5, 0.6) is 11.5 Å². The molecule has 1 aliphatic heterocycles. The number of likely N-dealkylation sites (tertiary alicyclic amines) is 1. The number of hydrogen-bond acceptors (Lipinski definition) is 6. The maximum Gasteiger partial charge on any atom is 0.295 e. The second kappa shape index (κ2) is 10.3. The van der Waals surface area contributed by atoms with E-state index in [2.05, 4.69) is 0 Å². The molecule has 170 valence electrons. The maximum atomic E-state index is 13.0. The van der Waals surface area contributed by atoms with Crippen molar-refractivity contribution in [2.75, 3.05) is 33.8 Å². The SMILES string of the molecule is CCCOc1ccc(/C(O)=C2/C(=O)C(=O)N(CCCN(C)C)C2c2cccc(O)c2)cc1. The van der Waals surface area contributed by atoms with E-state index < -0.39 is 17.7 Å². The van der Waals surface area contributed by atoms with Crippen molar-refractivity contribution in [2.45, 2.75) is 25.8 Å². The molecule has 7 nitrogen and oxygen atoms in total. The number of phenolic OH excluding ortho intramolecular Hbond substituents is 1. The zero-order chi connectivity index (χ0) is 23.3. The average Bonchev–Trinajstić information content (AvgIpc) is 3.02. The van der Waals surface area contributed by atoms with Crippen LogP contribution >= 0.6 is 0 Å². The highest BCUT2D eigenvalue weighted by molar-refractivity contribution is 6.46. The molecule has 0 bridgehead atoms. The van der Waals surface area contributed by atoms with Crippen molar-refractivity contribution < 1.29 is 24.5 Å². The monoisotopic (exact) mass is 438 g/mol. The summed E-state index contributed by atoms with van der Waals surface area (Å²) in [6.45, 7) is 3.69. The van der Waals surface area contributed by atoms with E-state index in [9.17, 15) is 19.8 Å². The Morgan fingerprint density at radius 1 is 1.12 bits per heavy atom. The first-order chi connectivity index (χ1) is 15.3. The standard InChI is InChI=1S/C25H30N2O5/c1-4-15-32-20-11-9-17(10-12-20)23(29)21-22(18-7-5-8-19(28)16-18)27(25(31)24(21)30)14-6-13-26(2)3/h5,7-12,16,22,28-29H,4,6,13-15H2,1-3H3/b23-21-. The van der Waals surface area contributed by atoms with Crippen LogP contribution in [0.2, 0.25) is 0 Å². The summed E-state index contributed by atoms with van der Waals surface area (Å²) in [5.41, 5.74) is 1.01. The number of aliphatic hydroxyl groups excluding tert-OH is 1. The molecule has 2 aromatic rings. The number of aromatic hydroxyl groups is 1. The Balaban J connectivity index is 2.02. The number of carbonyl (C=O) groups is 2. The van der Waals surface area contributed by atoms with Gasteiger partial charge in [0.25, 0.3) is 11.7 Å². The van der Waals surface area contributed by atoms with E-state index >= 15 is 0 Å². The molecule has 0 spiro atoms. The fourth-order valence-electron chi connectivity index (χ4n) is 3.79. The van der Waals surface area contributed by atoms with Crippen molar-refractivity contribution in [2.24, 2.45) is 0 Å². The molecule has 1 fully saturated rings. The van der Waals surface area contributed by atoms with Crippen LogP contribution in [0.1, 0.15) is 36.9 Å². The van der Waals surface area contributed by atoms with Gasteiger partial charge in [0.2, 0.25) is 0 Å². The average molecular weight is 439 g/mol. The molecule has 1 unspecified atom stereocenters. The summed E-state index contributed by atoms with van der Waals surface area (Å²) in [6, 6.07) is 12.4. The molecule has 7 heteroatoms. The van der Waals surface area contributed by atoms with Crippen molar-refractivity contribution in [1.29, 1.82) is 0 Å². The van der Waals surface area contributed by atoms with Gasteiger partial charge < -0.3 is 24.7 Å². The first-order valence-electron chi connectivity index (χ1n) is 10.8. The van der Waals surface area contributed by atoms with Crippen LogP contribution in [0.4, 0.5) is 0 Å². The molecule has 32 heavy (non-hydrogen) atoms. The molecule has 1 heterocycles. The van der Waals surface area contributed by atoms with Gasteiger partial charge in [0.1, 0.15) is 17.3 Å². The van der Waals surface area contributed by atoms with Crippen molar-refractivity contribution >= 4 is 17.4 Å². The number of ketones is 1. The van der Waals surface area contributed by atoms with Crippen molar-refractivity contribution in [3.8, 4) is 11.5 Å². The van der Waals surface area contributed by atoms with E-state index in [0.717, 1.165) is 13.0 Å². The van der Waals surface area contributed by atoms with Gasteiger partial charge in [-0.3, -0.25) is 9.59 Å². The fraction of sp³-hybridized carbons (Fsp3) is 0.360. The van der Waals surface area contributed by atoms with Gasteiger partial charge in [0.15, 0.2) is 0 Å². The molecule has 2 N–H and O–H groups in total. The smallest absolute Gasteiger partial charge is 0.295 e. The van der Waals surface area contributed by atoms with Gasteiger partial charge in [-0.05, 0) is 75.4 Å². The summed E-state index contributed by atoms with van der Waals surface area (Å²) < 4.78 is 5.58. The molecule has 0 aliphatic carbocycles. The number of amides is 1. The number of ether oxygens (including phenoxy) is 1. The van der Waals surface area contributed by atoms with Gasteiger partial charge in [-0.25, -0.2) is 0 Å². The van der Waals surface area contributed by atoms with Crippen molar-refractivity contribution in [1.82, 2.24) is 9.80 Å². The molecule has 1 saturated heterocycles. The summed E-state index contributed by atoms with van der Waals surface area (Å²) >= 11 is 0. The molecular formula is C25H30N2O5. The fourth-order valence-corrected chi connectivity index (χ4v) is 3.79. The summed E-state index contributed by atoms with van der Waals surface area (Å²) in [5.74, 6) is -0.932. The van der Waals surface area contributed by atoms with Gasteiger partial charge in [-0.1, -0.05) is 19.1 Å². The van der Waals surface area contributed by atoms with E-state index in [1.54, 1.807) is 36.4 Å². The molecule has 2 aromatic carbocycles. The van der Waals surface area contributed by atoms with Crippen LogP contribution in [-0.2, 0) is 9.59 Å². The normalized spacial score (nSPS) is 17.9. The lowest BCUT2D eigenvalue weighted by Gasteiger charge is -2.26.